The average molecular weight is 362 g/mol. The molecule has 0 aliphatic carbocycles. The lowest BCUT2D eigenvalue weighted by Gasteiger charge is -2.15. The molecule has 140 valence electrons. The largest absolute Gasteiger partial charge is 0.483 e. The van der Waals surface area contributed by atoms with Gasteiger partial charge in [-0.3, -0.25) is 9.78 Å². The number of rotatable bonds is 8. The Morgan fingerprint density at radius 3 is 2.78 bits per heavy atom. The SMILES string of the molecule is CCC(C)c1ccccc1OCC(=O)NCCc1cccc2cccnc12. The van der Waals surface area contributed by atoms with Crippen molar-refractivity contribution in [2.45, 2.75) is 32.6 Å². The molecule has 0 aliphatic rings. The minimum absolute atomic E-state index is 0.0290. The van der Waals surface area contributed by atoms with E-state index >= 15 is 0 Å². The Morgan fingerprint density at radius 2 is 1.93 bits per heavy atom. The summed E-state index contributed by atoms with van der Waals surface area (Å²) >= 11 is 0. The van der Waals surface area contributed by atoms with Gasteiger partial charge in [-0.2, -0.15) is 0 Å². The quantitative estimate of drug-likeness (QED) is 0.642. The van der Waals surface area contributed by atoms with Crippen molar-refractivity contribution in [2.75, 3.05) is 13.2 Å². The summed E-state index contributed by atoms with van der Waals surface area (Å²) in [6.45, 7) is 4.91. The minimum atomic E-state index is -0.109. The number of hydrogen-bond donors (Lipinski definition) is 1. The smallest absolute Gasteiger partial charge is 0.257 e. The van der Waals surface area contributed by atoms with Crippen LogP contribution in [0.2, 0.25) is 0 Å². The van der Waals surface area contributed by atoms with Crippen LogP contribution in [0.15, 0.2) is 60.8 Å². The predicted molar refractivity (Wildman–Crippen MR) is 109 cm³/mol. The zero-order valence-electron chi connectivity index (χ0n) is 15.9. The molecule has 1 N–H and O–H groups in total. The Hall–Kier alpha value is -2.88. The van der Waals surface area contributed by atoms with Gasteiger partial charge in [0.2, 0.25) is 0 Å². The number of benzene rings is 2. The second-order valence-electron chi connectivity index (χ2n) is 6.73. The highest BCUT2D eigenvalue weighted by Gasteiger charge is 2.11. The molecule has 0 bridgehead atoms. The van der Waals surface area contributed by atoms with Crippen LogP contribution in [0.5, 0.6) is 5.75 Å². The van der Waals surface area contributed by atoms with E-state index < -0.39 is 0 Å². The molecule has 0 aliphatic heterocycles. The summed E-state index contributed by atoms with van der Waals surface area (Å²) in [6.07, 6.45) is 3.57. The van der Waals surface area contributed by atoms with E-state index in [9.17, 15) is 4.79 Å². The van der Waals surface area contributed by atoms with Crippen LogP contribution in [-0.4, -0.2) is 24.0 Å². The van der Waals surface area contributed by atoms with Crippen molar-refractivity contribution in [1.29, 1.82) is 0 Å². The lowest BCUT2D eigenvalue weighted by Crippen LogP contribution is -2.30. The number of hydrogen-bond acceptors (Lipinski definition) is 3. The fourth-order valence-corrected chi connectivity index (χ4v) is 3.14. The number of fused-ring (bicyclic) bond motifs is 1. The maximum Gasteiger partial charge on any atom is 0.257 e. The Morgan fingerprint density at radius 1 is 1.11 bits per heavy atom. The van der Waals surface area contributed by atoms with Crippen LogP contribution >= 0.6 is 0 Å². The Kier molecular flexibility index (Phi) is 6.42. The number of nitrogens with zero attached hydrogens (tertiary/aromatic N) is 1. The minimum Gasteiger partial charge on any atom is -0.483 e. The number of carbonyl (C=O) groups is 1. The highest BCUT2D eigenvalue weighted by Crippen LogP contribution is 2.28. The maximum absolute atomic E-state index is 12.2. The highest BCUT2D eigenvalue weighted by molar-refractivity contribution is 5.81. The number of amides is 1. The first-order valence-electron chi connectivity index (χ1n) is 9.50. The first kappa shape index (κ1) is 18.9. The fraction of sp³-hybridized carbons (Fsp3) is 0.304. The van der Waals surface area contributed by atoms with E-state index in [2.05, 4.69) is 36.3 Å². The van der Waals surface area contributed by atoms with Gasteiger partial charge in [-0.05, 0) is 42.0 Å². The van der Waals surface area contributed by atoms with E-state index in [1.807, 2.05) is 42.5 Å². The van der Waals surface area contributed by atoms with Gasteiger partial charge in [0.05, 0.1) is 5.52 Å². The van der Waals surface area contributed by atoms with E-state index in [1.165, 1.54) is 0 Å². The number of pyridine rings is 1. The normalized spacial score (nSPS) is 11.9. The van der Waals surface area contributed by atoms with Crippen LogP contribution in [-0.2, 0) is 11.2 Å². The van der Waals surface area contributed by atoms with Gasteiger partial charge in [0.25, 0.3) is 5.91 Å². The second kappa shape index (κ2) is 9.17. The highest BCUT2D eigenvalue weighted by atomic mass is 16.5. The van der Waals surface area contributed by atoms with Gasteiger partial charge in [-0.15, -0.1) is 0 Å². The monoisotopic (exact) mass is 362 g/mol. The first-order chi connectivity index (χ1) is 13.2. The lowest BCUT2D eigenvalue weighted by molar-refractivity contribution is -0.123. The van der Waals surface area contributed by atoms with Gasteiger partial charge in [0.15, 0.2) is 6.61 Å². The molecule has 3 aromatic rings. The van der Waals surface area contributed by atoms with Crippen molar-refractivity contribution in [1.82, 2.24) is 10.3 Å². The van der Waals surface area contributed by atoms with E-state index in [4.69, 9.17) is 4.74 Å². The third kappa shape index (κ3) is 4.85. The zero-order valence-corrected chi connectivity index (χ0v) is 15.9. The van der Waals surface area contributed by atoms with Gasteiger partial charge >= 0.3 is 0 Å². The maximum atomic E-state index is 12.2. The molecule has 1 unspecified atom stereocenters. The molecule has 4 nitrogen and oxygen atoms in total. The molecule has 1 aromatic heterocycles. The van der Waals surface area contributed by atoms with Gasteiger partial charge in [0.1, 0.15) is 5.75 Å². The van der Waals surface area contributed by atoms with Gasteiger partial charge in [-0.25, -0.2) is 0 Å². The first-order valence-corrected chi connectivity index (χ1v) is 9.50. The van der Waals surface area contributed by atoms with Crippen molar-refractivity contribution in [3.05, 3.63) is 71.9 Å². The molecule has 3 rings (SSSR count). The summed E-state index contributed by atoms with van der Waals surface area (Å²) in [7, 11) is 0. The van der Waals surface area contributed by atoms with Crippen molar-refractivity contribution >= 4 is 16.8 Å². The predicted octanol–water partition coefficient (Wildman–Crippen LogP) is 4.49. The third-order valence-electron chi connectivity index (χ3n) is 4.85. The number of nitrogens with one attached hydrogen (secondary N) is 1. The molecule has 0 saturated carbocycles. The van der Waals surface area contributed by atoms with Crippen LogP contribution in [0.25, 0.3) is 10.9 Å². The van der Waals surface area contributed by atoms with Crippen LogP contribution < -0.4 is 10.1 Å². The van der Waals surface area contributed by atoms with Gasteiger partial charge < -0.3 is 10.1 Å². The summed E-state index contributed by atoms with van der Waals surface area (Å²) < 4.78 is 5.77. The fourth-order valence-electron chi connectivity index (χ4n) is 3.14. The molecule has 1 heterocycles. The van der Waals surface area contributed by atoms with Crippen LogP contribution in [0.4, 0.5) is 0 Å². The Balaban J connectivity index is 1.52. The topological polar surface area (TPSA) is 51.2 Å². The summed E-state index contributed by atoms with van der Waals surface area (Å²) in [5.74, 6) is 1.09. The average Bonchev–Trinajstić information content (AvgIpc) is 2.72. The van der Waals surface area contributed by atoms with E-state index in [0.29, 0.717) is 12.5 Å². The molecule has 0 radical (unpaired) electrons. The number of carbonyl (C=O) groups excluding carboxylic acids is 1. The molecule has 1 amide bonds. The third-order valence-corrected chi connectivity index (χ3v) is 4.85. The second-order valence-corrected chi connectivity index (χ2v) is 6.73. The molecule has 0 saturated heterocycles. The van der Waals surface area contributed by atoms with Gasteiger partial charge in [0, 0.05) is 18.1 Å². The van der Waals surface area contributed by atoms with E-state index in [-0.39, 0.29) is 12.5 Å². The molecular formula is C23H26N2O2. The Bertz CT molecular complexity index is 902. The number of aromatic nitrogens is 1. The summed E-state index contributed by atoms with van der Waals surface area (Å²) in [5, 5.41) is 4.05. The van der Waals surface area contributed by atoms with E-state index in [0.717, 1.165) is 40.6 Å². The van der Waals surface area contributed by atoms with Gasteiger partial charge in [-0.1, -0.05) is 56.3 Å². The molecule has 4 heteroatoms. The van der Waals surface area contributed by atoms with Crippen molar-refractivity contribution < 1.29 is 9.53 Å². The molecular weight excluding hydrogens is 336 g/mol. The summed E-state index contributed by atoms with van der Waals surface area (Å²) in [6, 6.07) is 18.0. The molecule has 0 spiro atoms. The molecule has 2 aromatic carbocycles. The lowest BCUT2D eigenvalue weighted by atomic mass is 9.98. The number of ether oxygens (including phenoxy) is 1. The van der Waals surface area contributed by atoms with Crippen LogP contribution in [0.1, 0.15) is 37.3 Å². The Labute approximate surface area is 160 Å². The molecule has 1 atom stereocenters. The van der Waals surface area contributed by atoms with Crippen molar-refractivity contribution in [3.63, 3.8) is 0 Å². The van der Waals surface area contributed by atoms with Crippen molar-refractivity contribution in [2.24, 2.45) is 0 Å². The van der Waals surface area contributed by atoms with E-state index in [1.54, 1.807) is 6.20 Å². The summed E-state index contributed by atoms with van der Waals surface area (Å²) in [5.41, 5.74) is 3.28. The standard InChI is InChI=1S/C23H26N2O2/c1-3-17(2)20-11-4-5-12-21(20)27-16-22(26)24-15-13-19-9-6-8-18-10-7-14-25-23(18)19/h4-12,14,17H,3,13,15-16H2,1-2H3,(H,24,26). The summed E-state index contributed by atoms with van der Waals surface area (Å²) in [4.78, 5) is 16.6. The van der Waals surface area contributed by atoms with Crippen LogP contribution in [0, 0.1) is 0 Å². The van der Waals surface area contributed by atoms with Crippen LogP contribution in [0.3, 0.4) is 0 Å². The number of para-hydroxylation sites is 2. The molecule has 0 fully saturated rings. The molecule has 27 heavy (non-hydrogen) atoms. The zero-order chi connectivity index (χ0) is 19.1. The van der Waals surface area contributed by atoms with Crippen molar-refractivity contribution in [3.8, 4) is 5.75 Å².